The maximum absolute atomic E-state index is 13.1. The summed E-state index contributed by atoms with van der Waals surface area (Å²) in [5.74, 6) is -1.31. The van der Waals surface area contributed by atoms with E-state index in [-0.39, 0.29) is 30.4 Å². The Hall–Kier alpha value is -4.41. The third kappa shape index (κ3) is 6.50. The zero-order chi connectivity index (χ0) is 30.6. The molecule has 4 aromatic rings. The maximum atomic E-state index is 13.1. The lowest BCUT2D eigenvalue weighted by molar-refractivity contribution is -0.139. The number of aliphatic carboxylic acids is 1. The summed E-state index contributed by atoms with van der Waals surface area (Å²) in [6.07, 6.45) is 0.0943. The average molecular weight is 602 g/mol. The molecule has 0 spiro atoms. The molecule has 224 valence electrons. The topological polar surface area (TPSA) is 125 Å². The summed E-state index contributed by atoms with van der Waals surface area (Å²) in [5, 5.41) is 13.6. The van der Waals surface area contributed by atoms with Gasteiger partial charge >= 0.3 is 12.1 Å². The predicted octanol–water partition coefficient (Wildman–Crippen LogP) is 5.35. The summed E-state index contributed by atoms with van der Waals surface area (Å²) in [4.78, 5) is 26.6. The molecule has 5 rings (SSSR count). The third-order valence-corrected chi connectivity index (χ3v) is 9.30. The number of ether oxygens (including phenoxy) is 1. The van der Waals surface area contributed by atoms with E-state index < -0.39 is 28.1 Å². The van der Waals surface area contributed by atoms with E-state index >= 15 is 0 Å². The molecule has 0 aromatic heterocycles. The van der Waals surface area contributed by atoms with E-state index in [4.69, 9.17) is 4.74 Å². The summed E-state index contributed by atoms with van der Waals surface area (Å²) in [6, 6.07) is 25.5. The van der Waals surface area contributed by atoms with Gasteiger partial charge in [-0.05, 0) is 53.6 Å². The molecule has 0 fully saturated rings. The van der Waals surface area contributed by atoms with Crippen molar-refractivity contribution >= 4 is 38.5 Å². The number of amides is 1. The van der Waals surface area contributed by atoms with Gasteiger partial charge in [0, 0.05) is 43.0 Å². The van der Waals surface area contributed by atoms with E-state index in [1.807, 2.05) is 85.7 Å². The molecule has 9 nitrogen and oxygen atoms in total. The Morgan fingerprint density at radius 2 is 1.49 bits per heavy atom. The van der Waals surface area contributed by atoms with Gasteiger partial charge in [-0.1, -0.05) is 72.8 Å². The molecule has 0 saturated carbocycles. The highest BCUT2D eigenvalue weighted by Gasteiger charge is 2.29. The van der Waals surface area contributed by atoms with Gasteiger partial charge in [-0.25, -0.2) is 22.7 Å². The fourth-order valence-corrected chi connectivity index (χ4v) is 6.98. The van der Waals surface area contributed by atoms with Gasteiger partial charge < -0.3 is 20.1 Å². The van der Waals surface area contributed by atoms with Gasteiger partial charge in [0.1, 0.15) is 12.6 Å². The highest BCUT2D eigenvalue weighted by Crippen LogP contribution is 2.44. The smallest absolute Gasteiger partial charge is 0.407 e. The van der Waals surface area contributed by atoms with Gasteiger partial charge in [0.2, 0.25) is 10.0 Å². The van der Waals surface area contributed by atoms with Crippen molar-refractivity contribution in [1.29, 1.82) is 0 Å². The molecular formula is C33H35N3O6S. The normalized spacial score (nSPS) is 13.3. The first kappa shape index (κ1) is 30.1. The van der Waals surface area contributed by atoms with E-state index in [1.165, 1.54) is 0 Å². The molecule has 1 atom stereocenters. The summed E-state index contributed by atoms with van der Waals surface area (Å²) in [5.41, 5.74) is 5.25. The molecule has 1 aliphatic carbocycles. The predicted molar refractivity (Wildman–Crippen MR) is 167 cm³/mol. The van der Waals surface area contributed by atoms with Crippen molar-refractivity contribution in [2.45, 2.75) is 36.1 Å². The number of rotatable bonds is 12. The minimum Gasteiger partial charge on any atom is -0.480 e. The summed E-state index contributed by atoms with van der Waals surface area (Å²) in [7, 11) is 0.00957. The molecular weight excluding hydrogens is 566 g/mol. The van der Waals surface area contributed by atoms with Crippen molar-refractivity contribution in [3.05, 3.63) is 96.1 Å². The Balaban J connectivity index is 1.12. The van der Waals surface area contributed by atoms with E-state index in [1.54, 1.807) is 18.2 Å². The van der Waals surface area contributed by atoms with Crippen LogP contribution in [-0.4, -0.2) is 58.9 Å². The fourth-order valence-electron chi connectivity index (χ4n) is 5.69. The van der Waals surface area contributed by atoms with Gasteiger partial charge in [-0.15, -0.1) is 0 Å². The number of fused-ring (bicyclic) bond motifs is 4. The minimum absolute atomic E-state index is 0.0815. The number of hydrogen-bond donors (Lipinski definition) is 3. The first-order chi connectivity index (χ1) is 20.7. The van der Waals surface area contributed by atoms with Crippen molar-refractivity contribution in [2.24, 2.45) is 0 Å². The molecule has 0 saturated heterocycles. The number of anilines is 1. The SMILES string of the molecule is CN(C)c1cccc2c(S(=O)(=O)NCCCC[C@@H](NC(=O)OCC3c4ccccc4-c4ccccc43)C(=O)O)cccc12. The Morgan fingerprint density at radius 1 is 0.860 bits per heavy atom. The lowest BCUT2D eigenvalue weighted by Crippen LogP contribution is -2.41. The van der Waals surface area contributed by atoms with Gasteiger partial charge in [0.05, 0.1) is 4.90 Å². The average Bonchev–Trinajstić information content (AvgIpc) is 3.32. The number of nitrogens with zero attached hydrogens (tertiary/aromatic N) is 1. The van der Waals surface area contributed by atoms with Crippen LogP contribution in [0.25, 0.3) is 21.9 Å². The molecule has 43 heavy (non-hydrogen) atoms. The summed E-state index contributed by atoms with van der Waals surface area (Å²) < 4.78 is 34.4. The van der Waals surface area contributed by atoms with Crippen molar-refractivity contribution in [3.63, 3.8) is 0 Å². The van der Waals surface area contributed by atoms with Crippen LogP contribution >= 0.6 is 0 Å². The number of nitrogens with one attached hydrogen (secondary N) is 2. The van der Waals surface area contributed by atoms with Crippen LogP contribution < -0.4 is 14.9 Å². The standard InChI is InChI=1S/C33H35N3O6S/c1-36(2)30-18-9-16-27-26(30)15-10-19-31(27)43(40,41)34-20-8-7-17-29(32(37)38)35-33(39)42-21-28-24-13-5-3-11-22(24)23-12-4-6-14-25(23)28/h3-6,9-16,18-19,28-29,34H,7-8,17,20-21H2,1-2H3,(H,35,39)(H,37,38)/t29-/m1/s1. The van der Waals surface area contributed by atoms with Crippen molar-refractivity contribution in [1.82, 2.24) is 10.0 Å². The quantitative estimate of drug-likeness (QED) is 0.187. The monoisotopic (exact) mass is 601 g/mol. The second-order valence-electron chi connectivity index (χ2n) is 10.8. The van der Waals surface area contributed by atoms with E-state index in [9.17, 15) is 23.1 Å². The Kier molecular flexibility index (Phi) is 8.98. The second-order valence-corrected chi connectivity index (χ2v) is 12.5. The third-order valence-electron chi connectivity index (χ3n) is 7.78. The van der Waals surface area contributed by atoms with Crippen LogP contribution in [0.5, 0.6) is 0 Å². The number of alkyl carbamates (subject to hydrolysis) is 1. The van der Waals surface area contributed by atoms with E-state index in [0.29, 0.717) is 18.2 Å². The number of carbonyl (C=O) groups is 2. The molecule has 0 aliphatic heterocycles. The zero-order valence-electron chi connectivity index (χ0n) is 24.1. The zero-order valence-corrected chi connectivity index (χ0v) is 24.9. The number of carboxylic acids is 1. The van der Waals surface area contributed by atoms with Crippen LogP contribution in [0.15, 0.2) is 89.8 Å². The first-order valence-corrected chi connectivity index (χ1v) is 15.7. The van der Waals surface area contributed by atoms with E-state index in [2.05, 4.69) is 10.0 Å². The lowest BCUT2D eigenvalue weighted by Gasteiger charge is -2.18. The Bertz CT molecular complexity index is 1710. The summed E-state index contributed by atoms with van der Waals surface area (Å²) in [6.45, 7) is 0.210. The highest BCUT2D eigenvalue weighted by molar-refractivity contribution is 7.89. The van der Waals surface area contributed by atoms with Crippen molar-refractivity contribution in [3.8, 4) is 11.1 Å². The molecule has 10 heteroatoms. The molecule has 0 unspecified atom stereocenters. The first-order valence-electron chi connectivity index (χ1n) is 14.2. The van der Waals surface area contributed by atoms with Gasteiger partial charge in [0.25, 0.3) is 0 Å². The molecule has 4 aromatic carbocycles. The number of benzene rings is 4. The van der Waals surface area contributed by atoms with Crippen LogP contribution in [0, 0.1) is 0 Å². The van der Waals surface area contributed by atoms with Gasteiger partial charge in [0.15, 0.2) is 0 Å². The number of sulfonamides is 1. The number of unbranched alkanes of at least 4 members (excludes halogenated alkanes) is 1. The number of hydrogen-bond acceptors (Lipinski definition) is 6. The second kappa shape index (κ2) is 12.8. The van der Waals surface area contributed by atoms with Crippen LogP contribution in [-0.2, 0) is 19.6 Å². The van der Waals surface area contributed by atoms with E-state index in [0.717, 1.165) is 33.3 Å². The Labute approximate surface area is 251 Å². The fraction of sp³-hybridized carbons (Fsp3) is 0.273. The highest BCUT2D eigenvalue weighted by atomic mass is 32.2. The van der Waals surface area contributed by atoms with Crippen LogP contribution in [0.3, 0.4) is 0 Å². The maximum Gasteiger partial charge on any atom is 0.407 e. The molecule has 0 bridgehead atoms. The van der Waals surface area contributed by atoms with Crippen LogP contribution in [0.1, 0.15) is 36.3 Å². The largest absolute Gasteiger partial charge is 0.480 e. The number of carboxylic acid groups (broad SMARTS) is 1. The molecule has 1 aliphatic rings. The number of carbonyl (C=O) groups excluding carboxylic acids is 1. The minimum atomic E-state index is -3.80. The van der Waals surface area contributed by atoms with Crippen molar-refractivity contribution in [2.75, 3.05) is 32.1 Å². The van der Waals surface area contributed by atoms with Crippen LogP contribution in [0.4, 0.5) is 10.5 Å². The Morgan fingerprint density at radius 3 is 2.14 bits per heavy atom. The van der Waals surface area contributed by atoms with Crippen molar-refractivity contribution < 1.29 is 27.9 Å². The molecule has 0 radical (unpaired) electrons. The molecule has 0 heterocycles. The molecule has 1 amide bonds. The van der Waals surface area contributed by atoms with Gasteiger partial charge in [-0.2, -0.15) is 0 Å². The summed E-state index contributed by atoms with van der Waals surface area (Å²) >= 11 is 0. The van der Waals surface area contributed by atoms with Crippen LogP contribution in [0.2, 0.25) is 0 Å². The lowest BCUT2D eigenvalue weighted by atomic mass is 9.98. The van der Waals surface area contributed by atoms with Gasteiger partial charge in [-0.3, -0.25) is 0 Å². The molecule has 3 N–H and O–H groups in total.